The number of amides is 1. The minimum absolute atomic E-state index is 0.126. The molecule has 0 atom stereocenters. The number of ether oxygens (including phenoxy) is 2. The van der Waals surface area contributed by atoms with Crippen LogP contribution >= 0.6 is 34.2 Å². The second-order valence-corrected chi connectivity index (χ2v) is 11.1. The van der Waals surface area contributed by atoms with E-state index in [1.165, 1.54) is 0 Å². The third-order valence-corrected chi connectivity index (χ3v) is 7.31. The lowest BCUT2D eigenvalue weighted by Crippen LogP contribution is -2.52. The highest BCUT2D eigenvalue weighted by molar-refractivity contribution is 14.1. The van der Waals surface area contributed by atoms with Crippen LogP contribution in [0.25, 0.3) is 5.57 Å². The van der Waals surface area contributed by atoms with Crippen LogP contribution in [0.15, 0.2) is 17.9 Å². The number of aryl methyl sites for hydroxylation is 1. The summed E-state index contributed by atoms with van der Waals surface area (Å²) in [5.74, 6) is -0.916. The first kappa shape index (κ1) is 22.3. The molecule has 164 valence electrons. The Morgan fingerprint density at radius 1 is 1.20 bits per heavy atom. The Balaban J connectivity index is 1.85. The van der Waals surface area contributed by atoms with Crippen LogP contribution in [0.3, 0.4) is 0 Å². The average Bonchev–Trinajstić information content (AvgIpc) is 3.21. The van der Waals surface area contributed by atoms with Crippen molar-refractivity contribution in [3.8, 4) is 0 Å². The molecule has 10 heteroatoms. The van der Waals surface area contributed by atoms with Gasteiger partial charge >= 0.3 is 10.1 Å². The zero-order valence-corrected chi connectivity index (χ0v) is 20.4. The summed E-state index contributed by atoms with van der Waals surface area (Å²) in [6.07, 6.45) is 3.55. The fraction of sp³-hybridized carbons (Fsp3) is 0.550. The molecule has 30 heavy (non-hydrogen) atoms. The molecule has 7 nitrogen and oxygen atoms in total. The molecule has 3 aliphatic rings. The van der Waals surface area contributed by atoms with Gasteiger partial charge in [0.2, 0.25) is 0 Å². The van der Waals surface area contributed by atoms with E-state index < -0.39 is 21.4 Å². The summed E-state index contributed by atoms with van der Waals surface area (Å²) >= 11 is 8.72. The molecule has 2 aliphatic heterocycles. The Labute approximate surface area is 194 Å². The van der Waals surface area contributed by atoms with Crippen LogP contribution in [-0.4, -0.2) is 45.1 Å². The third kappa shape index (κ3) is 3.99. The summed E-state index contributed by atoms with van der Waals surface area (Å²) in [5.41, 5.74) is 0.649. The molecule has 1 aromatic rings. The van der Waals surface area contributed by atoms with Crippen LogP contribution < -0.4 is 5.32 Å². The third-order valence-electron chi connectivity index (χ3n) is 5.92. The molecule has 1 amide bonds. The van der Waals surface area contributed by atoms with E-state index in [1.807, 2.05) is 13.0 Å². The van der Waals surface area contributed by atoms with E-state index >= 15 is 0 Å². The van der Waals surface area contributed by atoms with Crippen LogP contribution in [0.1, 0.15) is 43.7 Å². The van der Waals surface area contributed by atoms with Crippen molar-refractivity contribution in [2.24, 2.45) is 0 Å². The predicted molar refractivity (Wildman–Crippen MR) is 120 cm³/mol. The Morgan fingerprint density at radius 2 is 1.83 bits per heavy atom. The molecule has 1 saturated heterocycles. The summed E-state index contributed by atoms with van der Waals surface area (Å²) in [4.78, 5) is 13.2. The first-order chi connectivity index (χ1) is 14.1. The number of hydrogen-bond donors (Lipinski definition) is 1. The quantitative estimate of drug-likeness (QED) is 0.443. The van der Waals surface area contributed by atoms with E-state index in [4.69, 9.17) is 25.3 Å². The highest BCUT2D eigenvalue weighted by atomic mass is 127. The highest BCUT2D eigenvalue weighted by Gasteiger charge is 2.55. The summed E-state index contributed by atoms with van der Waals surface area (Å²) in [5, 5.41) is 3.41. The Bertz CT molecular complexity index is 1020. The fourth-order valence-corrected chi connectivity index (χ4v) is 6.31. The van der Waals surface area contributed by atoms with Crippen LogP contribution in [0, 0.1) is 3.57 Å². The van der Waals surface area contributed by atoms with Gasteiger partial charge in [0, 0.05) is 22.0 Å². The largest absolute Gasteiger partial charge is 0.384 e. The van der Waals surface area contributed by atoms with Crippen molar-refractivity contribution >= 4 is 55.8 Å². The molecule has 0 bridgehead atoms. The molecule has 4 rings (SSSR count). The summed E-state index contributed by atoms with van der Waals surface area (Å²) in [6.45, 7) is 3.03. The minimum atomic E-state index is -3.87. The predicted octanol–water partition coefficient (Wildman–Crippen LogP) is 3.38. The Hall–Kier alpha value is -0.880. The maximum absolute atomic E-state index is 13.2. The Kier molecular flexibility index (Phi) is 5.89. The lowest BCUT2D eigenvalue weighted by atomic mass is 9.77. The summed E-state index contributed by atoms with van der Waals surface area (Å²) in [6, 6.07) is 3.71. The van der Waals surface area contributed by atoms with Gasteiger partial charge in [-0.1, -0.05) is 18.5 Å². The van der Waals surface area contributed by atoms with E-state index in [0.29, 0.717) is 55.9 Å². The number of benzene rings is 1. The van der Waals surface area contributed by atoms with E-state index in [1.54, 1.807) is 6.07 Å². The van der Waals surface area contributed by atoms with Gasteiger partial charge in [-0.3, -0.25) is 4.79 Å². The van der Waals surface area contributed by atoms with Gasteiger partial charge in [-0.15, -0.1) is 0 Å². The highest BCUT2D eigenvalue weighted by Crippen LogP contribution is 2.49. The first-order valence-corrected chi connectivity index (χ1v) is 13.1. The molecule has 0 aromatic heterocycles. The summed E-state index contributed by atoms with van der Waals surface area (Å²) < 4.78 is 42.3. The van der Waals surface area contributed by atoms with Crippen molar-refractivity contribution in [2.45, 2.75) is 50.4 Å². The zero-order chi connectivity index (χ0) is 21.7. The van der Waals surface area contributed by atoms with Crippen molar-refractivity contribution in [1.82, 2.24) is 5.32 Å². The van der Waals surface area contributed by atoms with E-state index in [0.717, 1.165) is 15.4 Å². The minimum Gasteiger partial charge on any atom is -0.384 e. The van der Waals surface area contributed by atoms with Gasteiger partial charge in [-0.05, 0) is 59.5 Å². The second kappa shape index (κ2) is 7.91. The van der Waals surface area contributed by atoms with Crippen molar-refractivity contribution in [1.29, 1.82) is 0 Å². The van der Waals surface area contributed by atoms with Gasteiger partial charge in [0.25, 0.3) is 5.91 Å². The van der Waals surface area contributed by atoms with Gasteiger partial charge in [0.15, 0.2) is 11.5 Å². The maximum Gasteiger partial charge on any atom is 0.306 e. The number of nitrogens with one attached hydrogen (secondary N) is 1. The van der Waals surface area contributed by atoms with Gasteiger partial charge in [0.1, 0.15) is 5.54 Å². The van der Waals surface area contributed by atoms with Gasteiger partial charge in [-0.25, -0.2) is 0 Å². The number of hydrogen-bond acceptors (Lipinski definition) is 6. The molecular weight excluding hydrogens is 545 g/mol. The molecule has 1 N–H and O–H groups in total. The van der Waals surface area contributed by atoms with Crippen LogP contribution in [0.4, 0.5) is 0 Å². The number of carbonyl (C=O) groups excluding carboxylic acids is 1. The van der Waals surface area contributed by atoms with Crippen LogP contribution in [-0.2, 0) is 35.0 Å². The normalized spacial score (nSPS) is 22.7. The van der Waals surface area contributed by atoms with Crippen molar-refractivity contribution < 1.29 is 26.9 Å². The van der Waals surface area contributed by atoms with E-state index in [9.17, 15) is 13.2 Å². The lowest BCUT2D eigenvalue weighted by molar-refractivity contribution is -0.185. The molecule has 2 spiro atoms. The second-order valence-electron chi connectivity index (χ2n) is 7.91. The van der Waals surface area contributed by atoms with Crippen LogP contribution in [0.5, 0.6) is 0 Å². The Morgan fingerprint density at radius 3 is 2.40 bits per heavy atom. The molecule has 0 unspecified atom stereocenters. The van der Waals surface area contributed by atoms with Gasteiger partial charge in [0.05, 0.1) is 30.1 Å². The smallest absolute Gasteiger partial charge is 0.306 e. The number of carbonyl (C=O) groups is 1. The van der Waals surface area contributed by atoms with Gasteiger partial charge < -0.3 is 19.0 Å². The van der Waals surface area contributed by atoms with Crippen molar-refractivity contribution in [3.63, 3.8) is 0 Å². The van der Waals surface area contributed by atoms with E-state index in [-0.39, 0.29) is 17.2 Å². The molecule has 1 aliphatic carbocycles. The van der Waals surface area contributed by atoms with Crippen molar-refractivity contribution in [2.75, 3.05) is 19.5 Å². The topological polar surface area (TPSA) is 90.9 Å². The molecule has 1 saturated carbocycles. The molecule has 2 heterocycles. The van der Waals surface area contributed by atoms with E-state index in [2.05, 4.69) is 27.9 Å². The average molecular weight is 568 g/mol. The molecule has 0 radical (unpaired) electrons. The van der Waals surface area contributed by atoms with Crippen LogP contribution in [0.2, 0.25) is 5.02 Å². The fourth-order valence-electron chi connectivity index (χ4n) is 4.56. The number of rotatable bonds is 4. The molecule has 2 fully saturated rings. The summed E-state index contributed by atoms with van der Waals surface area (Å²) in [7, 11) is -3.87. The SMILES string of the molecule is CCc1cc(I)cc(Cl)c1C1=C(OS(C)(=O)=O)C2(CCC3(CC2)OCCO3)NC1=O. The van der Waals surface area contributed by atoms with Gasteiger partial charge in [-0.2, -0.15) is 8.42 Å². The lowest BCUT2D eigenvalue weighted by Gasteiger charge is -2.42. The maximum atomic E-state index is 13.2. The number of halogens is 2. The zero-order valence-electron chi connectivity index (χ0n) is 16.7. The standard InChI is InChI=1S/C20H23ClINO6S/c1-3-12-10-13(22)11-14(21)15(12)16-17(29-30(2,25)26)19(23-18(16)24)4-6-20(7-5-19)27-8-9-28-20/h10-11H,3-9H2,1-2H3,(H,23,24). The monoisotopic (exact) mass is 567 g/mol. The van der Waals surface area contributed by atoms with Crippen molar-refractivity contribution in [3.05, 3.63) is 37.6 Å². The first-order valence-electron chi connectivity index (χ1n) is 9.81. The molecular formula is C20H23ClINO6S. The molecule has 1 aromatic carbocycles.